The molecule has 0 atom stereocenters. The first-order valence-electron chi connectivity index (χ1n) is 20.6. The number of aromatic nitrogens is 6. The van der Waals surface area contributed by atoms with Crippen molar-refractivity contribution in [1.82, 2.24) is 40.1 Å². The van der Waals surface area contributed by atoms with Gasteiger partial charge in [0, 0.05) is 62.0 Å². The predicted molar refractivity (Wildman–Crippen MR) is 255 cm³/mol. The second-order valence-electron chi connectivity index (χ2n) is 19.0. The van der Waals surface area contributed by atoms with Crippen LogP contribution in [0.5, 0.6) is 0 Å². The van der Waals surface area contributed by atoms with Crippen LogP contribution in [0.4, 0.5) is 23.0 Å². The molecule has 4 heterocycles. The van der Waals surface area contributed by atoms with E-state index in [2.05, 4.69) is 55.9 Å². The smallest absolute Gasteiger partial charge is 0.255 e. The monoisotopic (exact) mass is 932 g/mol. The number of nitrogens with zero attached hydrogens (tertiary/aromatic N) is 5. The summed E-state index contributed by atoms with van der Waals surface area (Å²) in [5.74, 6) is 0.386. The van der Waals surface area contributed by atoms with Crippen molar-refractivity contribution in [3.05, 3.63) is 83.4 Å². The van der Waals surface area contributed by atoms with Gasteiger partial charge in [-0.2, -0.15) is 0 Å². The topological polar surface area (TPSA) is 232 Å². The van der Waals surface area contributed by atoms with Gasteiger partial charge in [-0.1, -0.05) is 31.8 Å². The van der Waals surface area contributed by atoms with Gasteiger partial charge in [0.15, 0.2) is 42.6 Å². The molecule has 64 heavy (non-hydrogen) atoms. The zero-order valence-corrected chi connectivity index (χ0v) is 41.4. The van der Waals surface area contributed by atoms with Crippen LogP contribution >= 0.6 is 0 Å². The Morgan fingerprint density at radius 3 is 1.69 bits per heavy atom. The number of fused-ring (bicyclic) bond motifs is 2. The number of anilines is 4. The molecule has 6 aromatic rings. The first kappa shape index (κ1) is 49.3. The molecule has 344 valence electrons. The Hall–Kier alpha value is -5.70. The Morgan fingerprint density at radius 1 is 0.719 bits per heavy atom. The average molecular weight is 933 g/mol. The van der Waals surface area contributed by atoms with Gasteiger partial charge in [-0.15, -0.1) is 0 Å². The molecule has 17 nitrogen and oxygen atoms in total. The van der Waals surface area contributed by atoms with Crippen LogP contribution in [0.1, 0.15) is 73.6 Å². The van der Waals surface area contributed by atoms with E-state index in [1.54, 1.807) is 55.7 Å². The number of hydrogen-bond donors (Lipinski definition) is 5. The highest BCUT2D eigenvalue weighted by atomic mass is 32.2. The number of carbonyl (C=O) groups excluding carboxylic acids is 2. The highest BCUT2D eigenvalue weighted by Crippen LogP contribution is 2.27. The van der Waals surface area contributed by atoms with Crippen molar-refractivity contribution in [2.24, 2.45) is 0 Å². The van der Waals surface area contributed by atoms with E-state index in [1.807, 2.05) is 53.0 Å². The molecule has 0 aliphatic carbocycles. The van der Waals surface area contributed by atoms with Gasteiger partial charge in [0.05, 0.1) is 32.3 Å². The van der Waals surface area contributed by atoms with E-state index in [0.29, 0.717) is 74.5 Å². The molecule has 20 heteroatoms. The van der Waals surface area contributed by atoms with E-state index in [-0.39, 0.29) is 33.9 Å². The number of H-pyrrole nitrogens is 1. The summed E-state index contributed by atoms with van der Waals surface area (Å²) in [6.45, 7) is 22.8. The zero-order valence-electron chi connectivity index (χ0n) is 38.8. The molecule has 0 saturated carbocycles. The lowest BCUT2D eigenvalue weighted by Gasteiger charge is -2.20. The zero-order chi connectivity index (χ0) is 47.6. The van der Waals surface area contributed by atoms with E-state index in [9.17, 15) is 26.4 Å². The standard InChI is InChI=1S/C25H37N5O4SSi.C19H23N5O3S/c1-17-22(27-18-10-9-11-19(14-18)35(5,32)33)28-21-20(24(31)29-25(2,3)4)15-30(23(21)26-17)16-34-12-13-36(6,7)8;1-11-16(22-12-7-6-8-13(9-12)28(5,26)27)23-15-14(10-20-17(15)21-11)18(25)24-19(2,3)4/h9-11,14-15H,12-13,16H2,1-8H3,(H,27,28)(H,29,31);6-10H,1-5H3,(H,20,21)(H,22,23)(H,24,25). The first-order valence-corrected chi connectivity index (χ1v) is 28.1. The maximum Gasteiger partial charge on any atom is 0.255 e. The van der Waals surface area contributed by atoms with Gasteiger partial charge in [-0.05, 0) is 97.8 Å². The molecule has 5 N–H and O–H groups in total. The Balaban J connectivity index is 0.000000248. The van der Waals surface area contributed by atoms with Crippen LogP contribution in [0.15, 0.2) is 70.7 Å². The fourth-order valence-corrected chi connectivity index (χ4v) is 8.19. The summed E-state index contributed by atoms with van der Waals surface area (Å²) in [6, 6.07) is 14.0. The van der Waals surface area contributed by atoms with Crippen LogP contribution in [-0.2, 0) is 31.1 Å². The summed E-state index contributed by atoms with van der Waals surface area (Å²) in [5.41, 5.74) is 4.27. The van der Waals surface area contributed by atoms with Gasteiger partial charge in [0.2, 0.25) is 0 Å². The molecule has 0 unspecified atom stereocenters. The van der Waals surface area contributed by atoms with Crippen molar-refractivity contribution in [1.29, 1.82) is 0 Å². The molecule has 0 spiro atoms. The number of rotatable bonds is 13. The summed E-state index contributed by atoms with van der Waals surface area (Å²) in [4.78, 5) is 47.6. The molecule has 0 saturated heterocycles. The minimum atomic E-state index is -3.36. The van der Waals surface area contributed by atoms with E-state index in [0.717, 1.165) is 18.6 Å². The normalized spacial score (nSPS) is 12.5. The molecular formula is C44H60N10O7S2Si. The molecule has 0 aliphatic heterocycles. The van der Waals surface area contributed by atoms with Gasteiger partial charge < -0.3 is 35.6 Å². The molecular weight excluding hydrogens is 873 g/mol. The average Bonchev–Trinajstić information content (AvgIpc) is 3.72. The number of aryl methyl sites for hydroxylation is 2. The summed E-state index contributed by atoms with van der Waals surface area (Å²) < 4.78 is 55.2. The second kappa shape index (κ2) is 18.8. The molecule has 0 fully saturated rings. The molecule has 0 radical (unpaired) electrons. The number of aromatic amines is 1. The van der Waals surface area contributed by atoms with Crippen molar-refractivity contribution in [3.8, 4) is 0 Å². The number of carbonyl (C=O) groups is 2. The Bertz CT molecular complexity index is 2930. The van der Waals surface area contributed by atoms with Gasteiger partial charge in [0.25, 0.3) is 11.8 Å². The molecule has 0 aliphatic rings. The van der Waals surface area contributed by atoms with E-state index < -0.39 is 33.3 Å². The van der Waals surface area contributed by atoms with Crippen molar-refractivity contribution in [3.63, 3.8) is 0 Å². The number of amides is 2. The lowest BCUT2D eigenvalue weighted by molar-refractivity contribution is 0.0884. The lowest BCUT2D eigenvalue weighted by atomic mass is 10.1. The third-order valence-electron chi connectivity index (χ3n) is 9.29. The van der Waals surface area contributed by atoms with Crippen molar-refractivity contribution in [2.75, 3.05) is 29.8 Å². The maximum atomic E-state index is 13.1. The number of sulfone groups is 2. The lowest BCUT2D eigenvalue weighted by Crippen LogP contribution is -2.40. The van der Waals surface area contributed by atoms with Crippen LogP contribution in [0.25, 0.3) is 22.3 Å². The first-order chi connectivity index (χ1) is 29.5. The Morgan fingerprint density at radius 2 is 1.20 bits per heavy atom. The van der Waals surface area contributed by atoms with Crippen molar-refractivity contribution < 1.29 is 31.2 Å². The third kappa shape index (κ3) is 13.4. The van der Waals surface area contributed by atoms with Crippen LogP contribution in [0.3, 0.4) is 0 Å². The summed E-state index contributed by atoms with van der Waals surface area (Å²) >= 11 is 0. The summed E-state index contributed by atoms with van der Waals surface area (Å²) in [7, 11) is -7.91. The molecule has 2 amide bonds. The SMILES string of the molecule is Cc1nc2[nH]cc(C(=O)NC(C)(C)C)c2nc1Nc1cccc(S(C)(=O)=O)c1.Cc1nc2c(nc1Nc1cccc(S(C)(=O)=O)c1)c(C(=O)NC(C)(C)C)cn2COCC[Si](C)(C)C. The van der Waals surface area contributed by atoms with Crippen LogP contribution in [0.2, 0.25) is 25.7 Å². The number of hydrogen-bond acceptors (Lipinski definition) is 13. The van der Waals surface area contributed by atoms with E-state index >= 15 is 0 Å². The van der Waals surface area contributed by atoms with Gasteiger partial charge >= 0.3 is 0 Å². The quantitative estimate of drug-likeness (QED) is 0.0554. The fraction of sp³-hybridized carbons (Fsp3) is 0.409. The molecule has 0 bridgehead atoms. The summed E-state index contributed by atoms with van der Waals surface area (Å²) in [6.07, 6.45) is 5.63. The maximum absolute atomic E-state index is 13.1. The highest BCUT2D eigenvalue weighted by molar-refractivity contribution is 7.91. The predicted octanol–water partition coefficient (Wildman–Crippen LogP) is 7.67. The highest BCUT2D eigenvalue weighted by Gasteiger charge is 2.24. The fourth-order valence-electron chi connectivity index (χ4n) is 6.10. The minimum absolute atomic E-state index is 0.200. The van der Waals surface area contributed by atoms with E-state index in [4.69, 9.17) is 14.7 Å². The summed E-state index contributed by atoms with van der Waals surface area (Å²) in [5, 5.41) is 12.2. The third-order valence-corrected chi connectivity index (χ3v) is 13.2. The van der Waals surface area contributed by atoms with Crippen molar-refractivity contribution >= 4 is 84.9 Å². The number of nitrogens with one attached hydrogen (secondary N) is 5. The van der Waals surface area contributed by atoms with Crippen LogP contribution in [0, 0.1) is 13.8 Å². The Labute approximate surface area is 376 Å². The van der Waals surface area contributed by atoms with Gasteiger partial charge in [-0.25, -0.2) is 36.8 Å². The van der Waals surface area contributed by atoms with Gasteiger partial charge in [0.1, 0.15) is 17.8 Å². The van der Waals surface area contributed by atoms with Crippen molar-refractivity contribution in [2.45, 2.75) is 109 Å². The second-order valence-corrected chi connectivity index (χ2v) is 28.7. The van der Waals surface area contributed by atoms with E-state index in [1.165, 1.54) is 12.1 Å². The number of ether oxygens (including phenoxy) is 1. The Kier molecular flexibility index (Phi) is 14.5. The number of benzene rings is 2. The largest absolute Gasteiger partial charge is 0.361 e. The minimum Gasteiger partial charge on any atom is -0.361 e. The van der Waals surface area contributed by atoms with Crippen LogP contribution in [-0.4, -0.2) is 96.4 Å². The van der Waals surface area contributed by atoms with Gasteiger partial charge in [-0.3, -0.25) is 9.59 Å². The molecule has 2 aromatic carbocycles. The molecule has 4 aromatic heterocycles. The van der Waals surface area contributed by atoms with Crippen LogP contribution < -0.4 is 21.3 Å². The molecule has 6 rings (SSSR count).